The quantitative estimate of drug-likeness (QED) is 0.388. The summed E-state index contributed by atoms with van der Waals surface area (Å²) in [5.74, 6) is 1.80. The molecule has 2 amide bonds. The normalized spacial score (nSPS) is 10.5. The zero-order valence-corrected chi connectivity index (χ0v) is 14.6. The van der Waals surface area contributed by atoms with Gasteiger partial charge in [-0.2, -0.15) is 10.6 Å². The van der Waals surface area contributed by atoms with Gasteiger partial charge in [-0.1, -0.05) is 34.8 Å². The van der Waals surface area contributed by atoms with E-state index in [1.165, 1.54) is 0 Å². The molecular weight excluding hydrogens is 353 g/mol. The molecule has 0 saturated heterocycles. The Morgan fingerprint density at radius 2 is 1.93 bits per heavy atom. The standard InChI is InChI=1S/C19H18FN3O4/c1-13-17(21-18(27-13)15-5-3-2-4-6-15)12-26-16-9-7-14(8-10-16)11-23(25)19(24)22-20/h2-10,25H,11-12H2,1H3,(H,22,24). The first kappa shape index (κ1) is 18.4. The van der Waals surface area contributed by atoms with Crippen LogP contribution in [0.1, 0.15) is 17.0 Å². The summed E-state index contributed by atoms with van der Waals surface area (Å²) in [6, 6.07) is 15.1. The van der Waals surface area contributed by atoms with Crippen LogP contribution in [0.4, 0.5) is 9.28 Å². The molecule has 0 saturated carbocycles. The fourth-order valence-corrected chi connectivity index (χ4v) is 2.40. The van der Waals surface area contributed by atoms with Gasteiger partial charge in [-0.25, -0.2) is 9.78 Å². The average molecular weight is 371 g/mol. The zero-order chi connectivity index (χ0) is 19.2. The van der Waals surface area contributed by atoms with Gasteiger partial charge in [0.25, 0.3) is 0 Å². The predicted molar refractivity (Wildman–Crippen MR) is 94.4 cm³/mol. The minimum absolute atomic E-state index is 0.154. The van der Waals surface area contributed by atoms with Gasteiger partial charge in [0.05, 0.1) is 6.54 Å². The van der Waals surface area contributed by atoms with Gasteiger partial charge >= 0.3 is 6.03 Å². The summed E-state index contributed by atoms with van der Waals surface area (Å²) in [5, 5.41) is 9.59. The van der Waals surface area contributed by atoms with Crippen molar-refractivity contribution < 1.29 is 23.6 Å². The van der Waals surface area contributed by atoms with Crippen molar-refractivity contribution in [2.24, 2.45) is 0 Å². The molecule has 1 heterocycles. The molecule has 0 spiro atoms. The molecular formula is C19H18FN3O4. The highest BCUT2D eigenvalue weighted by Gasteiger charge is 2.13. The SMILES string of the molecule is Cc1oc(-c2ccccc2)nc1COc1ccc(CN(O)C(=O)NF)cc1. The first-order valence-electron chi connectivity index (χ1n) is 8.17. The van der Waals surface area contributed by atoms with Crippen molar-refractivity contribution >= 4 is 6.03 Å². The van der Waals surface area contributed by atoms with Crippen LogP contribution in [-0.4, -0.2) is 21.3 Å². The Bertz CT molecular complexity index is 897. The molecule has 0 unspecified atom stereocenters. The summed E-state index contributed by atoms with van der Waals surface area (Å²) in [7, 11) is 0. The number of halogens is 1. The largest absolute Gasteiger partial charge is 0.487 e. The van der Waals surface area contributed by atoms with Gasteiger partial charge in [0, 0.05) is 5.56 Å². The third-order valence-electron chi connectivity index (χ3n) is 3.86. The number of amides is 2. The Kier molecular flexibility index (Phi) is 5.68. The van der Waals surface area contributed by atoms with Gasteiger partial charge in [-0.3, -0.25) is 5.21 Å². The predicted octanol–water partition coefficient (Wildman–Crippen LogP) is 4.01. The van der Waals surface area contributed by atoms with E-state index in [1.807, 2.05) is 37.3 Å². The van der Waals surface area contributed by atoms with Crippen molar-refractivity contribution in [1.29, 1.82) is 0 Å². The fourth-order valence-electron chi connectivity index (χ4n) is 2.40. The van der Waals surface area contributed by atoms with Crippen LogP contribution in [0.2, 0.25) is 0 Å². The molecule has 7 nitrogen and oxygen atoms in total. The number of carbonyl (C=O) groups excluding carboxylic acids is 1. The number of aryl methyl sites for hydroxylation is 1. The van der Waals surface area contributed by atoms with E-state index < -0.39 is 6.03 Å². The molecule has 8 heteroatoms. The number of nitrogens with zero attached hydrogens (tertiary/aromatic N) is 2. The number of rotatable bonds is 6. The van der Waals surface area contributed by atoms with E-state index in [2.05, 4.69) is 4.98 Å². The van der Waals surface area contributed by atoms with E-state index in [1.54, 1.807) is 24.3 Å². The molecule has 140 valence electrons. The van der Waals surface area contributed by atoms with Crippen LogP contribution < -0.4 is 10.3 Å². The Hall–Kier alpha value is -3.39. The number of nitrogens with one attached hydrogen (secondary N) is 1. The minimum Gasteiger partial charge on any atom is -0.487 e. The van der Waals surface area contributed by atoms with E-state index >= 15 is 0 Å². The molecule has 0 bridgehead atoms. The van der Waals surface area contributed by atoms with Gasteiger partial charge in [0.2, 0.25) is 5.89 Å². The number of hydrogen-bond acceptors (Lipinski definition) is 5. The molecule has 0 aliphatic rings. The van der Waals surface area contributed by atoms with Crippen molar-refractivity contribution in [3.05, 3.63) is 71.6 Å². The summed E-state index contributed by atoms with van der Waals surface area (Å²) in [6.07, 6.45) is 0. The lowest BCUT2D eigenvalue weighted by Gasteiger charge is -2.13. The smallest absolute Gasteiger partial charge is 0.369 e. The summed E-state index contributed by atoms with van der Waals surface area (Å²) < 4.78 is 23.4. The Balaban J connectivity index is 1.60. The molecule has 27 heavy (non-hydrogen) atoms. The third-order valence-corrected chi connectivity index (χ3v) is 3.86. The van der Waals surface area contributed by atoms with Crippen molar-refractivity contribution in [3.8, 4) is 17.2 Å². The summed E-state index contributed by atoms with van der Waals surface area (Å²) in [4.78, 5) is 15.4. The topological polar surface area (TPSA) is 87.8 Å². The van der Waals surface area contributed by atoms with E-state index in [4.69, 9.17) is 9.15 Å². The third kappa shape index (κ3) is 4.62. The van der Waals surface area contributed by atoms with Crippen LogP contribution in [0.25, 0.3) is 11.5 Å². The molecule has 3 rings (SSSR count). The maximum absolute atomic E-state index is 12.0. The molecule has 0 radical (unpaired) electrons. The second-order valence-corrected chi connectivity index (χ2v) is 5.78. The van der Waals surface area contributed by atoms with Crippen LogP contribution >= 0.6 is 0 Å². The lowest BCUT2D eigenvalue weighted by molar-refractivity contribution is -0.0563. The minimum atomic E-state index is -1.23. The number of ether oxygens (including phenoxy) is 1. The monoisotopic (exact) mass is 371 g/mol. The van der Waals surface area contributed by atoms with Crippen LogP contribution in [0.15, 0.2) is 59.0 Å². The lowest BCUT2D eigenvalue weighted by Crippen LogP contribution is -2.32. The Morgan fingerprint density at radius 3 is 2.59 bits per heavy atom. The van der Waals surface area contributed by atoms with E-state index in [-0.39, 0.29) is 18.2 Å². The fraction of sp³-hybridized carbons (Fsp3) is 0.158. The highest BCUT2D eigenvalue weighted by molar-refractivity contribution is 5.71. The zero-order valence-electron chi connectivity index (χ0n) is 14.6. The summed E-state index contributed by atoms with van der Waals surface area (Å²) >= 11 is 0. The number of hydrogen-bond donors (Lipinski definition) is 2. The number of oxazole rings is 1. The van der Waals surface area contributed by atoms with Gasteiger partial charge in [0.15, 0.2) is 0 Å². The number of hydroxylamine groups is 2. The second kappa shape index (κ2) is 8.33. The van der Waals surface area contributed by atoms with Gasteiger partial charge in [-0.15, -0.1) is 0 Å². The van der Waals surface area contributed by atoms with Crippen LogP contribution in [-0.2, 0) is 13.2 Å². The maximum Gasteiger partial charge on any atom is 0.369 e. The molecule has 0 fully saturated rings. The van der Waals surface area contributed by atoms with Crippen LogP contribution in [0.5, 0.6) is 5.75 Å². The molecule has 0 aliphatic carbocycles. The molecule has 2 aromatic carbocycles. The molecule has 1 aromatic heterocycles. The molecule has 2 N–H and O–H groups in total. The first-order valence-corrected chi connectivity index (χ1v) is 8.17. The Morgan fingerprint density at radius 1 is 1.22 bits per heavy atom. The van der Waals surface area contributed by atoms with E-state index in [9.17, 15) is 14.5 Å². The van der Waals surface area contributed by atoms with Gasteiger partial charge < -0.3 is 9.15 Å². The van der Waals surface area contributed by atoms with E-state index in [0.29, 0.717) is 28.7 Å². The number of carbonyl (C=O) groups is 1. The highest BCUT2D eigenvalue weighted by atomic mass is 19.2. The maximum atomic E-state index is 12.0. The second-order valence-electron chi connectivity index (χ2n) is 5.78. The Labute approximate surface area is 154 Å². The summed E-state index contributed by atoms with van der Waals surface area (Å²) in [5.41, 5.74) is 3.04. The van der Waals surface area contributed by atoms with Crippen molar-refractivity contribution in [3.63, 3.8) is 0 Å². The van der Waals surface area contributed by atoms with Crippen molar-refractivity contribution in [2.75, 3.05) is 0 Å². The van der Waals surface area contributed by atoms with E-state index in [0.717, 1.165) is 11.1 Å². The van der Waals surface area contributed by atoms with Crippen molar-refractivity contribution in [1.82, 2.24) is 15.6 Å². The summed E-state index contributed by atoms with van der Waals surface area (Å²) in [6.45, 7) is 1.91. The van der Waals surface area contributed by atoms with Gasteiger partial charge in [-0.05, 0) is 36.8 Å². The molecule has 0 atom stereocenters. The molecule has 3 aromatic rings. The first-order chi connectivity index (χ1) is 13.1. The average Bonchev–Trinajstić information content (AvgIpc) is 3.08. The van der Waals surface area contributed by atoms with Gasteiger partial charge in [0.1, 0.15) is 23.8 Å². The number of urea groups is 1. The lowest BCUT2D eigenvalue weighted by atomic mass is 10.2. The van der Waals surface area contributed by atoms with Crippen LogP contribution in [0.3, 0.4) is 0 Å². The number of aromatic nitrogens is 1. The van der Waals surface area contributed by atoms with Crippen LogP contribution in [0, 0.1) is 6.92 Å². The molecule has 0 aliphatic heterocycles. The van der Waals surface area contributed by atoms with Crippen molar-refractivity contribution in [2.45, 2.75) is 20.1 Å². The number of benzene rings is 2. The highest BCUT2D eigenvalue weighted by Crippen LogP contribution is 2.22.